The molecule has 3 unspecified atom stereocenters. The van der Waals surface area contributed by atoms with Crippen molar-refractivity contribution in [2.45, 2.75) is 39.7 Å². The number of nitrogens with one attached hydrogen (secondary N) is 1. The highest BCUT2D eigenvalue weighted by Gasteiger charge is 2.33. The Labute approximate surface area is 132 Å². The van der Waals surface area contributed by atoms with Crippen molar-refractivity contribution in [3.63, 3.8) is 0 Å². The molecule has 1 aromatic carbocycles. The number of anilines is 1. The molecule has 2 rings (SSSR count). The van der Waals surface area contributed by atoms with Crippen LogP contribution < -0.4 is 10.2 Å². The summed E-state index contributed by atoms with van der Waals surface area (Å²) in [5.41, 5.74) is 2.76. The maximum Gasteiger partial charge on any atom is 0.0423 e. The molecule has 1 aliphatic carbocycles. The Bertz CT molecular complexity index is 447. The fourth-order valence-corrected chi connectivity index (χ4v) is 3.14. The first-order valence-electron chi connectivity index (χ1n) is 7.76. The Morgan fingerprint density at radius 2 is 2.15 bits per heavy atom. The van der Waals surface area contributed by atoms with E-state index >= 15 is 0 Å². The number of benzene rings is 1. The molecular weight excluding hydrogens is 312 g/mol. The molecule has 0 amide bonds. The van der Waals surface area contributed by atoms with Gasteiger partial charge < -0.3 is 10.2 Å². The molecule has 0 heterocycles. The van der Waals surface area contributed by atoms with Gasteiger partial charge in [0.15, 0.2) is 0 Å². The van der Waals surface area contributed by atoms with Crippen LogP contribution in [0.1, 0.15) is 45.2 Å². The molecule has 1 aliphatic rings. The Hall–Kier alpha value is -0.540. The first kappa shape index (κ1) is 15.8. The molecule has 0 bridgehead atoms. The van der Waals surface area contributed by atoms with Crippen molar-refractivity contribution in [3.8, 4) is 0 Å². The van der Waals surface area contributed by atoms with Crippen molar-refractivity contribution < 1.29 is 0 Å². The van der Waals surface area contributed by atoms with Crippen LogP contribution >= 0.6 is 15.9 Å². The van der Waals surface area contributed by atoms with E-state index in [1.807, 2.05) is 0 Å². The molecule has 3 atom stereocenters. The smallest absolute Gasteiger partial charge is 0.0423 e. The van der Waals surface area contributed by atoms with Crippen LogP contribution in [-0.4, -0.2) is 20.1 Å². The van der Waals surface area contributed by atoms with E-state index in [0.717, 1.165) is 22.9 Å². The third-order valence-electron chi connectivity index (χ3n) is 4.36. The molecule has 112 valence electrons. The van der Waals surface area contributed by atoms with Crippen LogP contribution in [0, 0.1) is 11.8 Å². The summed E-state index contributed by atoms with van der Waals surface area (Å²) in [7, 11) is 2.23. The van der Waals surface area contributed by atoms with E-state index in [0.29, 0.717) is 6.04 Å². The summed E-state index contributed by atoms with van der Waals surface area (Å²) in [6.07, 6.45) is 2.56. The van der Waals surface area contributed by atoms with E-state index in [4.69, 9.17) is 0 Å². The van der Waals surface area contributed by atoms with E-state index in [1.165, 1.54) is 30.6 Å². The van der Waals surface area contributed by atoms with E-state index in [2.05, 4.69) is 72.2 Å². The van der Waals surface area contributed by atoms with E-state index < -0.39 is 0 Å². The van der Waals surface area contributed by atoms with Gasteiger partial charge >= 0.3 is 0 Å². The lowest BCUT2D eigenvalue weighted by atomic mass is 10.0. The molecule has 2 nitrogen and oxygen atoms in total. The second kappa shape index (κ2) is 6.95. The van der Waals surface area contributed by atoms with Gasteiger partial charge in [0.25, 0.3) is 0 Å². The first-order valence-corrected chi connectivity index (χ1v) is 8.56. The SMILES string of the molecule is CCCNC(C)c1ccc(Br)cc1N(C)CC1CC1C. The zero-order valence-electron chi connectivity index (χ0n) is 13.1. The minimum Gasteiger partial charge on any atom is -0.374 e. The minimum absolute atomic E-state index is 0.400. The lowest BCUT2D eigenvalue weighted by Gasteiger charge is -2.26. The maximum atomic E-state index is 3.61. The molecule has 1 fully saturated rings. The molecule has 0 saturated heterocycles. The fraction of sp³-hybridized carbons (Fsp3) is 0.647. The molecule has 3 heteroatoms. The summed E-state index contributed by atoms with van der Waals surface area (Å²) in [5, 5.41) is 3.60. The summed E-state index contributed by atoms with van der Waals surface area (Å²) in [4.78, 5) is 2.43. The van der Waals surface area contributed by atoms with Crippen LogP contribution in [0.4, 0.5) is 5.69 Å². The number of hydrogen-bond donors (Lipinski definition) is 1. The average Bonchev–Trinajstić information content (AvgIpc) is 3.11. The van der Waals surface area contributed by atoms with E-state index in [1.54, 1.807) is 0 Å². The Kier molecular flexibility index (Phi) is 5.50. The van der Waals surface area contributed by atoms with Gasteiger partial charge in [0, 0.05) is 29.8 Å². The average molecular weight is 339 g/mol. The lowest BCUT2D eigenvalue weighted by molar-refractivity contribution is 0.569. The van der Waals surface area contributed by atoms with Gasteiger partial charge in [0.1, 0.15) is 0 Å². The first-order chi connectivity index (χ1) is 9.52. The maximum absolute atomic E-state index is 3.61. The highest BCUT2D eigenvalue weighted by Crippen LogP contribution is 2.39. The van der Waals surface area contributed by atoms with Gasteiger partial charge in [0.2, 0.25) is 0 Å². The molecule has 1 N–H and O–H groups in total. The molecule has 0 spiro atoms. The largest absolute Gasteiger partial charge is 0.374 e. The highest BCUT2D eigenvalue weighted by molar-refractivity contribution is 9.10. The van der Waals surface area contributed by atoms with E-state index in [-0.39, 0.29) is 0 Å². The van der Waals surface area contributed by atoms with Crippen molar-refractivity contribution in [3.05, 3.63) is 28.2 Å². The van der Waals surface area contributed by atoms with Gasteiger partial charge in [-0.3, -0.25) is 0 Å². The van der Waals surface area contributed by atoms with Crippen LogP contribution in [-0.2, 0) is 0 Å². The topological polar surface area (TPSA) is 15.3 Å². The third-order valence-corrected chi connectivity index (χ3v) is 4.85. The normalized spacial score (nSPS) is 22.6. The zero-order chi connectivity index (χ0) is 14.7. The summed E-state index contributed by atoms with van der Waals surface area (Å²) in [5.74, 6) is 1.79. The monoisotopic (exact) mass is 338 g/mol. The quantitative estimate of drug-likeness (QED) is 0.781. The second-order valence-electron chi connectivity index (χ2n) is 6.23. The Morgan fingerprint density at radius 3 is 2.75 bits per heavy atom. The zero-order valence-corrected chi connectivity index (χ0v) is 14.7. The second-order valence-corrected chi connectivity index (χ2v) is 7.15. The van der Waals surface area contributed by atoms with Crippen molar-refractivity contribution in [1.82, 2.24) is 5.32 Å². The summed E-state index contributed by atoms with van der Waals surface area (Å²) in [6, 6.07) is 7.06. The predicted molar refractivity (Wildman–Crippen MR) is 91.4 cm³/mol. The lowest BCUT2D eigenvalue weighted by Crippen LogP contribution is -2.25. The molecule has 1 saturated carbocycles. The van der Waals surface area contributed by atoms with Crippen molar-refractivity contribution in [2.75, 3.05) is 25.0 Å². The van der Waals surface area contributed by atoms with Gasteiger partial charge in [-0.15, -0.1) is 0 Å². The van der Waals surface area contributed by atoms with Gasteiger partial charge in [-0.25, -0.2) is 0 Å². The van der Waals surface area contributed by atoms with Gasteiger partial charge in [-0.05, 0) is 55.8 Å². The highest BCUT2D eigenvalue weighted by atomic mass is 79.9. The van der Waals surface area contributed by atoms with Gasteiger partial charge in [-0.1, -0.05) is 35.8 Å². The molecule has 1 aromatic rings. The van der Waals surface area contributed by atoms with Crippen LogP contribution in [0.15, 0.2) is 22.7 Å². The fourth-order valence-electron chi connectivity index (χ4n) is 2.79. The summed E-state index contributed by atoms with van der Waals surface area (Å²) >= 11 is 3.61. The number of rotatable bonds is 7. The molecular formula is C17H27BrN2. The number of hydrogen-bond acceptors (Lipinski definition) is 2. The summed E-state index contributed by atoms with van der Waals surface area (Å²) in [6.45, 7) is 9.07. The van der Waals surface area contributed by atoms with Gasteiger partial charge in [0.05, 0.1) is 0 Å². The standard InChI is InChI=1S/C17H27BrN2/c1-5-8-19-13(3)16-7-6-15(18)10-17(16)20(4)11-14-9-12(14)2/h6-7,10,12-14,19H,5,8-9,11H2,1-4H3. The third kappa shape index (κ3) is 3.98. The summed E-state index contributed by atoms with van der Waals surface area (Å²) < 4.78 is 1.16. The molecule has 0 aromatic heterocycles. The van der Waals surface area contributed by atoms with E-state index in [9.17, 15) is 0 Å². The van der Waals surface area contributed by atoms with Crippen LogP contribution in [0.25, 0.3) is 0 Å². The number of halogens is 1. The van der Waals surface area contributed by atoms with Crippen molar-refractivity contribution >= 4 is 21.6 Å². The Morgan fingerprint density at radius 1 is 1.45 bits per heavy atom. The molecule has 0 aliphatic heterocycles. The van der Waals surface area contributed by atoms with Crippen molar-refractivity contribution in [1.29, 1.82) is 0 Å². The molecule has 20 heavy (non-hydrogen) atoms. The molecule has 0 radical (unpaired) electrons. The number of nitrogens with zero attached hydrogens (tertiary/aromatic N) is 1. The minimum atomic E-state index is 0.400. The van der Waals surface area contributed by atoms with Crippen LogP contribution in [0.5, 0.6) is 0 Å². The van der Waals surface area contributed by atoms with Crippen LogP contribution in [0.3, 0.4) is 0 Å². The predicted octanol–water partition coefficient (Wildman–Crippen LogP) is 4.60. The Balaban J connectivity index is 2.13. The van der Waals surface area contributed by atoms with Gasteiger partial charge in [-0.2, -0.15) is 0 Å². The van der Waals surface area contributed by atoms with Crippen LogP contribution in [0.2, 0.25) is 0 Å². The van der Waals surface area contributed by atoms with Crippen molar-refractivity contribution in [2.24, 2.45) is 11.8 Å².